The van der Waals surface area contributed by atoms with Crippen molar-refractivity contribution in [3.05, 3.63) is 70.0 Å². The van der Waals surface area contributed by atoms with Crippen LogP contribution in [0.2, 0.25) is 0 Å². The lowest BCUT2D eigenvalue weighted by Crippen LogP contribution is -2.20. The topological polar surface area (TPSA) is 80.3 Å². The molecule has 1 aromatic heterocycles. The zero-order valence-electron chi connectivity index (χ0n) is 16.5. The van der Waals surface area contributed by atoms with Gasteiger partial charge in [-0.1, -0.05) is 6.07 Å². The van der Waals surface area contributed by atoms with Gasteiger partial charge in [-0.3, -0.25) is 14.9 Å². The van der Waals surface area contributed by atoms with E-state index in [1.807, 2.05) is 25.1 Å². The molecular weight excluding hydrogens is 405 g/mol. The van der Waals surface area contributed by atoms with Gasteiger partial charge in [0.15, 0.2) is 5.13 Å². The van der Waals surface area contributed by atoms with Crippen LogP contribution in [0.1, 0.15) is 38.8 Å². The third-order valence-electron chi connectivity index (χ3n) is 4.97. The van der Waals surface area contributed by atoms with Gasteiger partial charge in [-0.25, -0.2) is 9.37 Å². The molecular formula is C22H20FN3O3S. The SMILES string of the molecule is COc1ccc(C)cc1NC(=O)[C@H]1CCc2sc(NC(=O)c3ccc(F)cc3)nc21. The Labute approximate surface area is 177 Å². The second kappa shape index (κ2) is 8.23. The molecule has 0 radical (unpaired) electrons. The average molecular weight is 425 g/mol. The number of benzene rings is 2. The number of aromatic nitrogens is 1. The van der Waals surface area contributed by atoms with Crippen LogP contribution >= 0.6 is 11.3 Å². The first-order valence-electron chi connectivity index (χ1n) is 9.46. The van der Waals surface area contributed by atoms with Gasteiger partial charge in [0.1, 0.15) is 11.6 Å². The Morgan fingerprint density at radius 1 is 1.17 bits per heavy atom. The lowest BCUT2D eigenvalue weighted by Gasteiger charge is -2.14. The molecule has 0 spiro atoms. The molecule has 8 heteroatoms. The highest BCUT2D eigenvalue weighted by Gasteiger charge is 2.33. The summed E-state index contributed by atoms with van der Waals surface area (Å²) < 4.78 is 18.4. The van der Waals surface area contributed by atoms with E-state index < -0.39 is 11.7 Å². The number of anilines is 2. The third-order valence-corrected chi connectivity index (χ3v) is 6.02. The first-order chi connectivity index (χ1) is 14.4. The predicted molar refractivity (Wildman–Crippen MR) is 114 cm³/mol. The molecule has 1 aliphatic carbocycles. The van der Waals surface area contributed by atoms with E-state index >= 15 is 0 Å². The number of ether oxygens (including phenoxy) is 1. The molecule has 0 saturated heterocycles. The number of nitrogens with one attached hydrogen (secondary N) is 2. The molecule has 0 aliphatic heterocycles. The molecule has 154 valence electrons. The molecule has 4 rings (SSSR count). The van der Waals surface area contributed by atoms with Gasteiger partial charge in [-0.05, 0) is 61.7 Å². The number of aryl methyl sites for hydroxylation is 2. The molecule has 3 aromatic rings. The van der Waals surface area contributed by atoms with E-state index in [9.17, 15) is 14.0 Å². The summed E-state index contributed by atoms with van der Waals surface area (Å²) in [6.45, 7) is 1.94. The zero-order valence-corrected chi connectivity index (χ0v) is 17.3. The van der Waals surface area contributed by atoms with E-state index in [1.165, 1.54) is 35.6 Å². The van der Waals surface area contributed by atoms with Crippen LogP contribution in [-0.2, 0) is 11.2 Å². The van der Waals surface area contributed by atoms with Gasteiger partial charge in [-0.2, -0.15) is 0 Å². The van der Waals surface area contributed by atoms with Gasteiger partial charge in [0, 0.05) is 10.4 Å². The first kappa shape index (κ1) is 20.0. The highest BCUT2D eigenvalue weighted by atomic mass is 32.1. The van der Waals surface area contributed by atoms with Crippen molar-refractivity contribution in [3.8, 4) is 5.75 Å². The van der Waals surface area contributed by atoms with Gasteiger partial charge in [0.25, 0.3) is 5.91 Å². The van der Waals surface area contributed by atoms with Gasteiger partial charge < -0.3 is 10.1 Å². The third kappa shape index (κ3) is 4.04. The number of rotatable bonds is 5. The molecule has 2 aromatic carbocycles. The normalized spacial score (nSPS) is 14.8. The van der Waals surface area contributed by atoms with Gasteiger partial charge in [-0.15, -0.1) is 11.3 Å². The number of amides is 2. The molecule has 0 fully saturated rings. The number of hydrogen-bond acceptors (Lipinski definition) is 5. The largest absolute Gasteiger partial charge is 0.495 e. The Morgan fingerprint density at radius 2 is 1.93 bits per heavy atom. The summed E-state index contributed by atoms with van der Waals surface area (Å²) in [7, 11) is 1.56. The number of carbonyl (C=O) groups is 2. The quantitative estimate of drug-likeness (QED) is 0.630. The predicted octanol–water partition coefficient (Wildman–Crippen LogP) is 4.52. The molecule has 1 heterocycles. The highest BCUT2D eigenvalue weighted by Crippen LogP contribution is 2.39. The lowest BCUT2D eigenvalue weighted by molar-refractivity contribution is -0.117. The fourth-order valence-corrected chi connectivity index (χ4v) is 4.48. The van der Waals surface area contributed by atoms with Crippen LogP contribution in [-0.4, -0.2) is 23.9 Å². The highest BCUT2D eigenvalue weighted by molar-refractivity contribution is 7.16. The van der Waals surface area contributed by atoms with E-state index in [-0.39, 0.29) is 11.8 Å². The summed E-state index contributed by atoms with van der Waals surface area (Å²) in [6.07, 6.45) is 1.39. The van der Waals surface area contributed by atoms with Crippen molar-refractivity contribution in [2.75, 3.05) is 17.7 Å². The molecule has 0 unspecified atom stereocenters. The van der Waals surface area contributed by atoms with Crippen LogP contribution < -0.4 is 15.4 Å². The molecule has 2 amide bonds. The second-order valence-electron chi connectivity index (χ2n) is 7.07. The van der Waals surface area contributed by atoms with E-state index in [4.69, 9.17) is 4.74 Å². The van der Waals surface area contributed by atoms with Crippen molar-refractivity contribution in [2.45, 2.75) is 25.7 Å². The smallest absolute Gasteiger partial charge is 0.257 e. The lowest BCUT2D eigenvalue weighted by atomic mass is 10.1. The molecule has 0 bridgehead atoms. The fourth-order valence-electron chi connectivity index (χ4n) is 3.45. The van der Waals surface area contributed by atoms with Crippen molar-refractivity contribution in [1.82, 2.24) is 4.98 Å². The first-order valence-corrected chi connectivity index (χ1v) is 10.3. The Morgan fingerprint density at radius 3 is 2.67 bits per heavy atom. The van der Waals surface area contributed by atoms with Crippen LogP contribution in [0.15, 0.2) is 42.5 Å². The molecule has 6 nitrogen and oxygen atoms in total. The molecule has 2 N–H and O–H groups in total. The second-order valence-corrected chi connectivity index (χ2v) is 8.16. The number of carbonyl (C=O) groups excluding carboxylic acids is 2. The summed E-state index contributed by atoms with van der Waals surface area (Å²) in [5.41, 5.74) is 2.67. The maximum atomic E-state index is 13.0. The molecule has 30 heavy (non-hydrogen) atoms. The summed E-state index contributed by atoms with van der Waals surface area (Å²) in [5.74, 6) is -0.721. The molecule has 1 aliphatic rings. The van der Waals surface area contributed by atoms with E-state index in [0.717, 1.165) is 16.9 Å². The maximum Gasteiger partial charge on any atom is 0.257 e. The number of nitrogens with zero attached hydrogens (tertiary/aromatic N) is 1. The zero-order chi connectivity index (χ0) is 21.3. The number of fused-ring (bicyclic) bond motifs is 1. The number of methoxy groups -OCH3 is 1. The van der Waals surface area contributed by atoms with Crippen LogP contribution in [0.3, 0.4) is 0 Å². The number of hydrogen-bond donors (Lipinski definition) is 2. The van der Waals surface area contributed by atoms with E-state index in [0.29, 0.717) is 34.2 Å². The summed E-state index contributed by atoms with van der Waals surface area (Å²) >= 11 is 1.36. The maximum absolute atomic E-state index is 13.0. The summed E-state index contributed by atoms with van der Waals surface area (Å²) in [4.78, 5) is 30.8. The Kier molecular flexibility index (Phi) is 5.50. The molecule has 0 saturated carbocycles. The summed E-state index contributed by atoms with van der Waals surface area (Å²) in [6, 6.07) is 10.9. The van der Waals surface area contributed by atoms with Crippen LogP contribution in [0.5, 0.6) is 5.75 Å². The average Bonchev–Trinajstić information content (AvgIpc) is 3.28. The minimum absolute atomic E-state index is 0.153. The van der Waals surface area contributed by atoms with Gasteiger partial charge in [0.2, 0.25) is 5.91 Å². The fraction of sp³-hybridized carbons (Fsp3) is 0.227. The minimum atomic E-state index is -0.404. The van der Waals surface area contributed by atoms with Crippen molar-refractivity contribution < 1.29 is 18.7 Å². The monoisotopic (exact) mass is 425 g/mol. The number of halogens is 1. The van der Waals surface area contributed by atoms with Crippen molar-refractivity contribution >= 4 is 34.0 Å². The van der Waals surface area contributed by atoms with Gasteiger partial charge >= 0.3 is 0 Å². The van der Waals surface area contributed by atoms with E-state index in [2.05, 4.69) is 15.6 Å². The van der Waals surface area contributed by atoms with Gasteiger partial charge in [0.05, 0.1) is 24.4 Å². The Balaban J connectivity index is 1.49. The summed E-state index contributed by atoms with van der Waals surface area (Å²) in [5, 5.41) is 6.11. The van der Waals surface area contributed by atoms with Crippen molar-refractivity contribution in [2.24, 2.45) is 0 Å². The molecule has 1 atom stereocenters. The van der Waals surface area contributed by atoms with Crippen molar-refractivity contribution in [1.29, 1.82) is 0 Å². The Hall–Kier alpha value is -3.26. The van der Waals surface area contributed by atoms with Crippen LogP contribution in [0.4, 0.5) is 15.2 Å². The van der Waals surface area contributed by atoms with Crippen LogP contribution in [0, 0.1) is 12.7 Å². The minimum Gasteiger partial charge on any atom is -0.495 e. The van der Waals surface area contributed by atoms with Crippen LogP contribution in [0.25, 0.3) is 0 Å². The number of thiazole rings is 1. The van der Waals surface area contributed by atoms with E-state index in [1.54, 1.807) is 7.11 Å². The Bertz CT molecular complexity index is 1110. The standard InChI is InChI=1S/C22H20FN3O3S/c1-12-3-9-17(29-2)16(11-12)24-21(28)15-8-10-18-19(15)25-22(30-18)26-20(27)13-4-6-14(23)7-5-13/h3-7,9,11,15H,8,10H2,1-2H3,(H,24,28)(H,25,26,27)/t15-/m0/s1. The van der Waals surface area contributed by atoms with Crippen molar-refractivity contribution in [3.63, 3.8) is 0 Å².